The summed E-state index contributed by atoms with van der Waals surface area (Å²) in [6.45, 7) is 2.99. The Hall–Kier alpha value is -0.780. The largest absolute Gasteiger partial charge is 0.343 e. The molecule has 0 saturated heterocycles. The first-order valence-corrected chi connectivity index (χ1v) is 2.97. The molecule has 0 saturated carbocycles. The Morgan fingerprint density at radius 2 is 2.00 bits per heavy atom. The fourth-order valence-electron chi connectivity index (χ4n) is 0.272. The van der Waals surface area contributed by atoms with Gasteiger partial charge in [0.05, 0.1) is 0 Å². The van der Waals surface area contributed by atoms with Crippen LogP contribution in [0.4, 0.5) is 17.6 Å². The van der Waals surface area contributed by atoms with E-state index in [0.717, 1.165) is 0 Å². The van der Waals surface area contributed by atoms with Gasteiger partial charge in [-0.1, -0.05) is 6.58 Å². The number of hydrogen-bond donors (Lipinski definition) is 0. The fraction of sp³-hybridized carbons (Fsp3) is 0.667. The van der Waals surface area contributed by atoms with Gasteiger partial charge in [0.25, 0.3) is 0 Å². The lowest BCUT2D eigenvalue weighted by Gasteiger charge is -2.13. The highest BCUT2D eigenvalue weighted by Crippen LogP contribution is 2.22. The third-order valence-corrected chi connectivity index (χ3v) is 0.772. The van der Waals surface area contributed by atoms with E-state index < -0.39 is 19.0 Å². The molecule has 0 atom stereocenters. The van der Waals surface area contributed by atoms with Crippen LogP contribution in [0, 0.1) is 0 Å². The van der Waals surface area contributed by atoms with E-state index in [1.165, 1.54) is 6.92 Å². The van der Waals surface area contributed by atoms with Gasteiger partial charge in [-0.25, -0.2) is 8.78 Å². The predicted molar refractivity (Wildman–Crippen MR) is 32.8 cm³/mol. The third kappa shape index (κ3) is 4.17. The Balaban J connectivity index is 3.69. The molecule has 0 N–H and O–H groups in total. The first-order valence-electron chi connectivity index (χ1n) is 2.97. The lowest BCUT2D eigenvalue weighted by molar-refractivity contribution is -0.309. The number of alkyl halides is 4. The van der Waals surface area contributed by atoms with Crippen molar-refractivity contribution < 1.29 is 27.3 Å². The van der Waals surface area contributed by atoms with Gasteiger partial charge < -0.3 is 4.89 Å². The minimum atomic E-state index is -4.19. The van der Waals surface area contributed by atoms with E-state index in [4.69, 9.17) is 0 Å². The van der Waals surface area contributed by atoms with E-state index in [1.54, 1.807) is 0 Å². The standard InChI is InChI=1S/C6H8F4O2/c1-4(2)12-11-3-6(9,10)5(7)8/h5H,1,3H2,2H3. The number of allylic oxidation sites excluding steroid dienone is 1. The van der Waals surface area contributed by atoms with Crippen LogP contribution in [-0.2, 0) is 9.78 Å². The molecule has 0 amide bonds. The molecule has 72 valence electrons. The van der Waals surface area contributed by atoms with Gasteiger partial charge in [-0.15, -0.1) is 0 Å². The zero-order valence-corrected chi connectivity index (χ0v) is 6.32. The maximum Gasteiger partial charge on any atom is 0.334 e. The van der Waals surface area contributed by atoms with Crippen LogP contribution < -0.4 is 0 Å². The Morgan fingerprint density at radius 3 is 2.33 bits per heavy atom. The Morgan fingerprint density at radius 1 is 1.50 bits per heavy atom. The van der Waals surface area contributed by atoms with Crippen molar-refractivity contribution in [2.45, 2.75) is 19.3 Å². The van der Waals surface area contributed by atoms with E-state index in [1.807, 2.05) is 0 Å². The van der Waals surface area contributed by atoms with Gasteiger partial charge in [0, 0.05) is 0 Å². The average molecular weight is 188 g/mol. The SMILES string of the molecule is C=C(C)OOCC(F)(F)C(F)F. The van der Waals surface area contributed by atoms with Crippen LogP contribution in [0.25, 0.3) is 0 Å². The van der Waals surface area contributed by atoms with E-state index in [9.17, 15) is 17.6 Å². The predicted octanol–water partition coefficient (Wildman–Crippen LogP) is 2.37. The van der Waals surface area contributed by atoms with Crippen LogP contribution in [0.2, 0.25) is 0 Å². The maximum atomic E-state index is 12.0. The maximum absolute atomic E-state index is 12.0. The zero-order chi connectivity index (χ0) is 9.78. The summed E-state index contributed by atoms with van der Waals surface area (Å²) in [7, 11) is 0. The third-order valence-electron chi connectivity index (χ3n) is 0.772. The lowest BCUT2D eigenvalue weighted by Crippen LogP contribution is -2.32. The van der Waals surface area contributed by atoms with Crippen LogP contribution >= 0.6 is 0 Å². The highest BCUT2D eigenvalue weighted by Gasteiger charge is 2.41. The summed E-state index contributed by atoms with van der Waals surface area (Å²) in [5.74, 6) is -4.17. The van der Waals surface area contributed by atoms with Gasteiger partial charge in [0.2, 0.25) is 0 Å². The first-order chi connectivity index (χ1) is 5.36. The molecular formula is C6H8F4O2. The molecule has 0 rings (SSSR count). The Kier molecular flexibility index (Phi) is 4.02. The van der Waals surface area contributed by atoms with Crippen molar-refractivity contribution in [2.75, 3.05) is 6.61 Å². The molecule has 0 fully saturated rings. The Bertz CT molecular complexity index is 158. The van der Waals surface area contributed by atoms with Crippen molar-refractivity contribution in [3.63, 3.8) is 0 Å². The highest BCUT2D eigenvalue weighted by molar-refractivity contribution is 4.71. The van der Waals surface area contributed by atoms with Gasteiger partial charge in [-0.3, -0.25) is 0 Å². The number of rotatable bonds is 5. The molecule has 0 unspecified atom stereocenters. The van der Waals surface area contributed by atoms with Crippen molar-refractivity contribution in [2.24, 2.45) is 0 Å². The summed E-state index contributed by atoms with van der Waals surface area (Å²) < 4.78 is 46.9. The van der Waals surface area contributed by atoms with Gasteiger partial charge >= 0.3 is 12.3 Å². The van der Waals surface area contributed by atoms with E-state index in [2.05, 4.69) is 16.4 Å². The van der Waals surface area contributed by atoms with Gasteiger partial charge in [-0.2, -0.15) is 13.7 Å². The monoisotopic (exact) mass is 188 g/mol. The Labute approximate surface area is 66.7 Å². The molecule has 0 aliphatic heterocycles. The molecule has 0 aliphatic carbocycles. The summed E-state index contributed by atoms with van der Waals surface area (Å²) in [5.41, 5.74) is 0. The van der Waals surface area contributed by atoms with Crippen molar-refractivity contribution >= 4 is 0 Å². The molecule has 0 aromatic rings. The lowest BCUT2D eigenvalue weighted by atomic mass is 10.4. The molecule has 0 heterocycles. The summed E-state index contributed by atoms with van der Waals surface area (Å²) in [4.78, 5) is 7.81. The fourth-order valence-corrected chi connectivity index (χ4v) is 0.272. The minimum absolute atomic E-state index is 0.0140. The van der Waals surface area contributed by atoms with Crippen LogP contribution in [0.5, 0.6) is 0 Å². The normalized spacial score (nSPS) is 11.8. The molecular weight excluding hydrogens is 180 g/mol. The molecule has 12 heavy (non-hydrogen) atoms. The second-order valence-electron chi connectivity index (χ2n) is 2.11. The topological polar surface area (TPSA) is 18.5 Å². The summed E-state index contributed by atoms with van der Waals surface area (Å²) in [6.07, 6.45) is -3.76. The van der Waals surface area contributed by atoms with Crippen molar-refractivity contribution in [3.05, 3.63) is 12.3 Å². The summed E-state index contributed by atoms with van der Waals surface area (Å²) in [5, 5.41) is 0. The number of hydrogen-bond acceptors (Lipinski definition) is 2. The van der Waals surface area contributed by atoms with E-state index in [0.29, 0.717) is 0 Å². The molecule has 0 radical (unpaired) electrons. The highest BCUT2D eigenvalue weighted by atomic mass is 19.3. The summed E-state index contributed by atoms with van der Waals surface area (Å²) in [6, 6.07) is 0. The van der Waals surface area contributed by atoms with Crippen LogP contribution in [0.1, 0.15) is 6.92 Å². The molecule has 6 heteroatoms. The first kappa shape index (κ1) is 11.2. The number of halogens is 4. The quantitative estimate of drug-likeness (QED) is 0.285. The van der Waals surface area contributed by atoms with Crippen LogP contribution in [0.15, 0.2) is 12.3 Å². The molecule has 0 aromatic heterocycles. The van der Waals surface area contributed by atoms with Gasteiger partial charge in [0.15, 0.2) is 6.61 Å². The van der Waals surface area contributed by atoms with Crippen LogP contribution in [0.3, 0.4) is 0 Å². The second-order valence-corrected chi connectivity index (χ2v) is 2.11. The summed E-state index contributed by atoms with van der Waals surface area (Å²) >= 11 is 0. The minimum Gasteiger partial charge on any atom is -0.343 e. The van der Waals surface area contributed by atoms with Crippen LogP contribution in [-0.4, -0.2) is 19.0 Å². The molecule has 2 nitrogen and oxygen atoms in total. The van der Waals surface area contributed by atoms with Crippen molar-refractivity contribution in [3.8, 4) is 0 Å². The van der Waals surface area contributed by atoms with Crippen molar-refractivity contribution in [1.82, 2.24) is 0 Å². The van der Waals surface area contributed by atoms with Gasteiger partial charge in [0.1, 0.15) is 5.76 Å². The molecule has 0 spiro atoms. The second kappa shape index (κ2) is 4.30. The molecule has 0 aliphatic rings. The van der Waals surface area contributed by atoms with E-state index in [-0.39, 0.29) is 5.76 Å². The zero-order valence-electron chi connectivity index (χ0n) is 6.32. The average Bonchev–Trinajstić information content (AvgIpc) is 1.85. The van der Waals surface area contributed by atoms with E-state index >= 15 is 0 Å². The molecule has 0 bridgehead atoms. The molecule has 0 aromatic carbocycles. The smallest absolute Gasteiger partial charge is 0.334 e. The van der Waals surface area contributed by atoms with Gasteiger partial charge in [-0.05, 0) is 6.92 Å². The van der Waals surface area contributed by atoms with Crippen molar-refractivity contribution in [1.29, 1.82) is 0 Å².